The first-order valence-corrected chi connectivity index (χ1v) is 37.2. The summed E-state index contributed by atoms with van der Waals surface area (Å²) in [6.07, 6.45) is 0. The van der Waals surface area contributed by atoms with Gasteiger partial charge >= 0.3 is 7.12 Å². The molecule has 0 bridgehead atoms. The summed E-state index contributed by atoms with van der Waals surface area (Å²) < 4.78 is 37.4. The van der Waals surface area contributed by atoms with E-state index >= 15 is 0 Å². The van der Waals surface area contributed by atoms with E-state index in [0.29, 0.717) is 5.82 Å². The lowest BCUT2D eigenvalue weighted by atomic mass is 9.78. The highest BCUT2D eigenvalue weighted by Gasteiger charge is 2.51. The fourth-order valence-corrected chi connectivity index (χ4v) is 15.1. The van der Waals surface area contributed by atoms with E-state index in [-0.39, 0.29) is 38.5 Å². The highest BCUT2D eigenvalue weighted by molar-refractivity contribution is 6.62. The molecule has 6 aromatic heterocycles. The van der Waals surface area contributed by atoms with Gasteiger partial charge < -0.3 is 27.0 Å². The fourth-order valence-electron chi connectivity index (χ4n) is 14.9. The van der Waals surface area contributed by atoms with Gasteiger partial charge in [0.2, 0.25) is 5.28 Å². The van der Waals surface area contributed by atoms with Crippen molar-refractivity contribution in [2.24, 2.45) is 0 Å². The normalized spacial score (nSPS) is 13.0. The summed E-state index contributed by atoms with van der Waals surface area (Å²) in [7, 11) is -0.362. The van der Waals surface area contributed by atoms with Gasteiger partial charge in [-0.05, 0) is 174 Å². The molecule has 14 aromatic carbocycles. The Kier molecular flexibility index (Phi) is 18.9. The van der Waals surface area contributed by atoms with Crippen molar-refractivity contribution >= 4 is 112 Å². The molecular formula is C100H76BClN4O6. The van der Waals surface area contributed by atoms with Crippen LogP contribution in [-0.2, 0) is 9.31 Å². The Labute approximate surface area is 654 Å². The average molecular weight is 1480 g/mol. The third-order valence-corrected chi connectivity index (χ3v) is 21.5. The van der Waals surface area contributed by atoms with E-state index in [1.54, 1.807) is 0 Å². The fraction of sp³-hybridized carbons (Fsp3) is 0.0800. The monoisotopic (exact) mass is 1470 g/mol. The lowest BCUT2D eigenvalue weighted by Gasteiger charge is -2.32. The van der Waals surface area contributed by atoms with Gasteiger partial charge in [0.15, 0.2) is 5.82 Å². The second-order valence-corrected chi connectivity index (χ2v) is 29.1. The summed E-state index contributed by atoms with van der Waals surface area (Å²) in [4.78, 5) is 18.9. The molecule has 1 saturated heterocycles. The van der Waals surface area contributed by atoms with E-state index in [4.69, 9.17) is 48.5 Å². The Balaban J connectivity index is 0.000000128. The number of hydrogen-bond donors (Lipinski definition) is 0. The molecule has 1 aliphatic rings. The van der Waals surface area contributed by atoms with Gasteiger partial charge in [0.05, 0.1) is 34.0 Å². The summed E-state index contributed by atoms with van der Waals surface area (Å²) in [6, 6.07) is 116. The van der Waals surface area contributed by atoms with Crippen molar-refractivity contribution in [3.63, 3.8) is 0 Å². The molecule has 0 N–H and O–H groups in total. The molecule has 112 heavy (non-hydrogen) atoms. The van der Waals surface area contributed by atoms with Crippen LogP contribution in [0.3, 0.4) is 0 Å². The molecule has 0 spiro atoms. The topological polar surface area (TPSA) is 123 Å². The van der Waals surface area contributed by atoms with Crippen LogP contribution in [0.25, 0.3) is 189 Å². The molecule has 1 fully saturated rings. The minimum Gasteiger partial charge on any atom is -0.456 e. The zero-order chi connectivity index (χ0) is 74.0. The van der Waals surface area contributed by atoms with Gasteiger partial charge in [0, 0.05) is 70.9 Å². The number of para-hydroxylation sites is 2. The van der Waals surface area contributed by atoms with Gasteiger partial charge in [-0.15, -0.1) is 0 Å². The molecule has 0 unspecified atom stereocenters. The van der Waals surface area contributed by atoms with Crippen molar-refractivity contribution < 1.29 is 27.0 Å². The number of nitrogens with zero attached hydrogens (tertiary/aromatic N) is 4. The minimum absolute atomic E-state index is 0. The Morgan fingerprint density at radius 2 is 0.536 bits per heavy atom. The maximum absolute atomic E-state index is 6.42. The second kappa shape index (κ2) is 29.6. The Hall–Kier alpha value is -13.3. The maximum Gasteiger partial charge on any atom is 0.494 e. The zero-order valence-corrected chi connectivity index (χ0v) is 61.3. The van der Waals surface area contributed by atoms with E-state index in [1.165, 1.54) is 11.1 Å². The van der Waals surface area contributed by atoms with Gasteiger partial charge in [0.25, 0.3) is 0 Å². The highest BCUT2D eigenvalue weighted by Crippen LogP contribution is 2.45. The molecule has 542 valence electrons. The van der Waals surface area contributed by atoms with Crippen molar-refractivity contribution in [1.29, 1.82) is 0 Å². The van der Waals surface area contributed by atoms with Crippen LogP contribution in [0.1, 0.15) is 42.5 Å². The smallest absolute Gasteiger partial charge is 0.456 e. The standard InChI is InChI=1S/C46H28N2O2.C30H25BO4.C22H15ClN2.2CH4/c1-3-10-29(11-4-1)33-14-9-15-35(26-33)39-28-38(31-12-5-2-6-13-31)47-46(48-39)32-20-18-30(19-21-32)34-22-23-37-43(27-34)50-42-25-24-41-44(45(37)42)36-16-7-8-17-40(36)49-41;1-29(2)30(3,4)35-31(34-29)20-12-9-18(10-13-20)19-11-14-22-26(17-19)33-25-16-15-24-27(28(22)25)21-7-5-6-8-23(21)32-24;23-22-24-20(17-10-5-2-6-11-17)15-21(25-22)19-13-7-12-18(14-19)16-8-3-1-4-9-16;;/h1-28H;5-17H,1-4H3;1-15H;2*1H4. The first-order valence-electron chi connectivity index (χ1n) is 36.8. The molecule has 7 heterocycles. The maximum atomic E-state index is 6.42. The molecule has 0 saturated carbocycles. The van der Waals surface area contributed by atoms with E-state index < -0.39 is 0 Å². The lowest BCUT2D eigenvalue weighted by Crippen LogP contribution is -2.41. The minimum atomic E-state index is -0.362. The summed E-state index contributed by atoms with van der Waals surface area (Å²) in [6.45, 7) is 8.29. The van der Waals surface area contributed by atoms with Crippen molar-refractivity contribution in [1.82, 2.24) is 19.9 Å². The van der Waals surface area contributed by atoms with E-state index in [1.807, 2.05) is 152 Å². The number of furan rings is 4. The van der Waals surface area contributed by atoms with Crippen LogP contribution in [0.2, 0.25) is 5.28 Å². The van der Waals surface area contributed by atoms with Crippen LogP contribution in [0.5, 0.6) is 0 Å². The van der Waals surface area contributed by atoms with Crippen molar-refractivity contribution in [2.45, 2.75) is 53.8 Å². The summed E-state index contributed by atoms with van der Waals surface area (Å²) in [5.74, 6) is 0.683. The zero-order valence-electron chi connectivity index (χ0n) is 60.5. The Morgan fingerprint density at radius 1 is 0.241 bits per heavy atom. The summed E-state index contributed by atoms with van der Waals surface area (Å²) >= 11 is 6.18. The highest BCUT2D eigenvalue weighted by atomic mass is 35.5. The quantitative estimate of drug-likeness (QED) is 0.0966. The predicted octanol–water partition coefficient (Wildman–Crippen LogP) is 27.5. The molecule has 0 aliphatic carbocycles. The van der Waals surface area contributed by atoms with Crippen molar-refractivity contribution in [3.05, 3.63) is 345 Å². The molecule has 21 rings (SSSR count). The molecule has 20 aromatic rings. The number of benzene rings is 14. The molecular weight excluding hydrogens is 1400 g/mol. The number of fused-ring (bicyclic) bond motifs is 14. The third kappa shape index (κ3) is 13.6. The van der Waals surface area contributed by atoms with E-state index in [9.17, 15) is 0 Å². The number of hydrogen-bond acceptors (Lipinski definition) is 10. The van der Waals surface area contributed by atoms with Crippen LogP contribution in [0.4, 0.5) is 0 Å². The van der Waals surface area contributed by atoms with Crippen LogP contribution in [0, 0.1) is 0 Å². The molecule has 0 amide bonds. The molecule has 1 aliphatic heterocycles. The van der Waals surface area contributed by atoms with Crippen LogP contribution >= 0.6 is 11.6 Å². The SMILES string of the molecule is C.C.CC1(C)OB(c2ccc(-c3ccc4c(c3)oc3ccc5oc6ccccc6c5c34)cc2)OC1(C)C.Clc1nc(-c2ccccc2)cc(-c2cccc(-c3ccccc3)c2)n1.c1ccc(-c2cccc(-c3cc(-c4ccccc4)nc(-c4ccc(-c5ccc6c(c5)oc5ccc7oc8ccccc8c7c56)cc4)n3)c2)cc1. The lowest BCUT2D eigenvalue weighted by molar-refractivity contribution is 0.00578. The number of halogens is 1. The van der Waals surface area contributed by atoms with Gasteiger partial charge in [-0.1, -0.05) is 270 Å². The Bertz CT molecular complexity index is 6840. The van der Waals surface area contributed by atoms with Gasteiger partial charge in [0.1, 0.15) is 44.7 Å². The van der Waals surface area contributed by atoms with Crippen LogP contribution in [0.15, 0.2) is 357 Å². The molecule has 0 radical (unpaired) electrons. The van der Waals surface area contributed by atoms with E-state index in [2.05, 4.69) is 226 Å². The largest absolute Gasteiger partial charge is 0.494 e. The first kappa shape index (κ1) is 71.6. The van der Waals surface area contributed by atoms with Gasteiger partial charge in [-0.3, -0.25) is 0 Å². The van der Waals surface area contributed by atoms with Crippen LogP contribution in [-0.4, -0.2) is 38.3 Å². The van der Waals surface area contributed by atoms with Crippen molar-refractivity contribution in [3.8, 4) is 101 Å². The third-order valence-electron chi connectivity index (χ3n) is 21.3. The predicted molar refractivity (Wildman–Crippen MR) is 463 cm³/mol. The van der Waals surface area contributed by atoms with E-state index in [0.717, 1.165) is 177 Å². The summed E-state index contributed by atoms with van der Waals surface area (Å²) in [5.41, 5.74) is 24.8. The average Bonchev–Trinajstić information content (AvgIpc) is 1.58. The Morgan fingerprint density at radius 3 is 0.964 bits per heavy atom. The second-order valence-electron chi connectivity index (χ2n) is 28.7. The van der Waals surface area contributed by atoms with Crippen molar-refractivity contribution in [2.75, 3.05) is 0 Å². The number of aromatic nitrogens is 4. The van der Waals surface area contributed by atoms with Gasteiger partial charge in [-0.25, -0.2) is 19.9 Å². The number of rotatable bonds is 10. The molecule has 12 heteroatoms. The van der Waals surface area contributed by atoms with Crippen LogP contribution < -0.4 is 5.46 Å². The molecule has 10 nitrogen and oxygen atoms in total. The summed E-state index contributed by atoms with van der Waals surface area (Å²) in [5, 5.41) is 9.02. The van der Waals surface area contributed by atoms with Gasteiger partial charge in [-0.2, -0.15) is 0 Å². The first-order chi connectivity index (χ1) is 53.8. The molecule has 0 atom stereocenters.